The van der Waals surface area contributed by atoms with Crippen LogP contribution in [0.2, 0.25) is 0 Å². The van der Waals surface area contributed by atoms with E-state index in [-0.39, 0.29) is 11.7 Å². The lowest BCUT2D eigenvalue weighted by atomic mass is 10.1. The van der Waals surface area contributed by atoms with E-state index in [1.807, 2.05) is 31.2 Å². The normalized spacial score (nSPS) is 11.8. The third-order valence-corrected chi connectivity index (χ3v) is 3.29. The Morgan fingerprint density at radius 2 is 2.00 bits per heavy atom. The molecule has 5 nitrogen and oxygen atoms in total. The van der Waals surface area contributed by atoms with Crippen molar-refractivity contribution in [3.05, 3.63) is 52.4 Å². The third kappa shape index (κ3) is 3.54. The minimum atomic E-state index is -0.502. The number of hydrogen-bond donors (Lipinski definition) is 1. The fourth-order valence-corrected chi connectivity index (χ4v) is 1.96. The minimum Gasteiger partial charge on any atom is -0.464 e. The Hall–Kier alpha value is -1.95. The molecule has 1 atom stereocenters. The Balaban J connectivity index is 2.13. The Bertz CT molecular complexity index is 602. The molecule has 1 heterocycles. The molecule has 0 fully saturated rings. The number of rotatable bonds is 4. The molecule has 2 aromatic rings. The van der Waals surface area contributed by atoms with Gasteiger partial charge in [-0.2, -0.15) is 0 Å². The van der Waals surface area contributed by atoms with E-state index in [2.05, 4.69) is 36.0 Å². The molecule has 20 heavy (non-hydrogen) atoms. The summed E-state index contributed by atoms with van der Waals surface area (Å²) in [5.74, 6) is 0.0285. The predicted molar refractivity (Wildman–Crippen MR) is 79.6 cm³/mol. The molecule has 0 bridgehead atoms. The fourth-order valence-electron chi connectivity index (χ4n) is 1.70. The number of halogens is 1. The number of nitrogens with one attached hydrogen (secondary N) is 1. The van der Waals surface area contributed by atoms with Crippen LogP contribution < -0.4 is 5.32 Å². The lowest BCUT2D eigenvalue weighted by Crippen LogP contribution is -2.11. The molecule has 1 aromatic carbocycles. The summed E-state index contributed by atoms with van der Waals surface area (Å²) in [6.45, 7) is 2.01. The monoisotopic (exact) mass is 335 g/mol. The first-order valence-corrected chi connectivity index (χ1v) is 6.82. The summed E-state index contributed by atoms with van der Waals surface area (Å²) in [5, 5.41) is 3.20. The number of methoxy groups -OCH3 is 1. The average Bonchev–Trinajstić information content (AvgIpc) is 2.47. The van der Waals surface area contributed by atoms with Gasteiger partial charge < -0.3 is 10.1 Å². The largest absolute Gasteiger partial charge is 0.464 e. The molecule has 1 N–H and O–H groups in total. The van der Waals surface area contributed by atoms with Crippen molar-refractivity contribution in [1.82, 2.24) is 9.97 Å². The summed E-state index contributed by atoms with van der Waals surface area (Å²) in [5.41, 5.74) is 1.29. The molecular formula is C14H14BrN3O2. The van der Waals surface area contributed by atoms with Gasteiger partial charge in [0, 0.05) is 10.5 Å². The smallest absolute Gasteiger partial charge is 0.358 e. The molecule has 0 saturated carbocycles. The second-order valence-corrected chi connectivity index (χ2v) is 5.11. The van der Waals surface area contributed by atoms with E-state index in [4.69, 9.17) is 0 Å². The van der Waals surface area contributed by atoms with Crippen LogP contribution in [0.15, 0.2) is 41.1 Å². The lowest BCUT2D eigenvalue weighted by Gasteiger charge is -2.15. The number of carbonyl (C=O) groups excluding carboxylic acids is 1. The molecule has 1 aromatic heterocycles. The van der Waals surface area contributed by atoms with Gasteiger partial charge in [-0.1, -0.05) is 28.1 Å². The maximum Gasteiger partial charge on any atom is 0.358 e. The molecule has 0 saturated heterocycles. The molecule has 0 aliphatic rings. The standard InChI is InChI=1S/C14H14BrN3O2/c1-9(10-3-5-11(15)6-4-10)17-13-8-16-7-12(18-13)14(19)20-2/h3-9H,1-2H3,(H,17,18). The first-order valence-electron chi connectivity index (χ1n) is 6.02. The second-order valence-electron chi connectivity index (χ2n) is 4.20. The highest BCUT2D eigenvalue weighted by Gasteiger charge is 2.10. The summed E-state index contributed by atoms with van der Waals surface area (Å²) in [6.07, 6.45) is 2.95. The third-order valence-electron chi connectivity index (χ3n) is 2.76. The highest BCUT2D eigenvalue weighted by molar-refractivity contribution is 9.10. The van der Waals surface area contributed by atoms with E-state index in [0.717, 1.165) is 10.0 Å². The molecule has 104 valence electrons. The van der Waals surface area contributed by atoms with Crippen molar-refractivity contribution < 1.29 is 9.53 Å². The van der Waals surface area contributed by atoms with Gasteiger partial charge in [-0.05, 0) is 24.6 Å². The van der Waals surface area contributed by atoms with Crippen LogP contribution in [0.1, 0.15) is 29.0 Å². The number of ether oxygens (including phenoxy) is 1. The zero-order valence-electron chi connectivity index (χ0n) is 11.1. The van der Waals surface area contributed by atoms with Gasteiger partial charge in [-0.3, -0.25) is 4.98 Å². The van der Waals surface area contributed by atoms with Crippen LogP contribution in [0, 0.1) is 0 Å². The van der Waals surface area contributed by atoms with Crippen LogP contribution in [0.25, 0.3) is 0 Å². The van der Waals surface area contributed by atoms with Gasteiger partial charge in [-0.25, -0.2) is 9.78 Å². The highest BCUT2D eigenvalue weighted by Crippen LogP contribution is 2.19. The van der Waals surface area contributed by atoms with Gasteiger partial charge in [0.25, 0.3) is 0 Å². The average molecular weight is 336 g/mol. The first kappa shape index (κ1) is 14.5. The molecule has 6 heteroatoms. The van der Waals surface area contributed by atoms with Crippen molar-refractivity contribution in [2.75, 3.05) is 12.4 Å². The van der Waals surface area contributed by atoms with Gasteiger partial charge in [0.1, 0.15) is 5.82 Å². The summed E-state index contributed by atoms with van der Waals surface area (Å²) < 4.78 is 5.65. The number of nitrogens with zero attached hydrogens (tertiary/aromatic N) is 2. The molecule has 0 aliphatic heterocycles. The SMILES string of the molecule is COC(=O)c1cncc(NC(C)c2ccc(Br)cc2)n1. The van der Waals surface area contributed by atoms with Crippen LogP contribution in [-0.2, 0) is 4.74 Å². The number of esters is 1. The summed E-state index contributed by atoms with van der Waals surface area (Å²) >= 11 is 3.40. The molecule has 0 radical (unpaired) electrons. The number of anilines is 1. The zero-order chi connectivity index (χ0) is 14.5. The van der Waals surface area contributed by atoms with E-state index in [1.54, 1.807) is 6.20 Å². The number of hydrogen-bond acceptors (Lipinski definition) is 5. The Kier molecular flexibility index (Phi) is 4.68. The topological polar surface area (TPSA) is 64.1 Å². The van der Waals surface area contributed by atoms with Gasteiger partial charge in [0.15, 0.2) is 5.69 Å². The second kappa shape index (κ2) is 6.47. The molecule has 2 rings (SSSR count). The number of aromatic nitrogens is 2. The molecule has 1 unspecified atom stereocenters. The quantitative estimate of drug-likeness (QED) is 0.869. The number of benzene rings is 1. The van der Waals surface area contributed by atoms with Gasteiger partial charge in [-0.15, -0.1) is 0 Å². The van der Waals surface area contributed by atoms with Gasteiger partial charge in [0.05, 0.1) is 19.5 Å². The first-order chi connectivity index (χ1) is 9.60. The summed E-state index contributed by atoms with van der Waals surface area (Å²) in [6, 6.07) is 8.03. The van der Waals surface area contributed by atoms with Crippen molar-refractivity contribution in [2.24, 2.45) is 0 Å². The van der Waals surface area contributed by atoms with Crippen molar-refractivity contribution in [3.8, 4) is 0 Å². The Morgan fingerprint density at radius 3 is 2.65 bits per heavy atom. The lowest BCUT2D eigenvalue weighted by molar-refractivity contribution is 0.0593. The van der Waals surface area contributed by atoms with Gasteiger partial charge in [0.2, 0.25) is 0 Å². The van der Waals surface area contributed by atoms with E-state index >= 15 is 0 Å². The van der Waals surface area contributed by atoms with Crippen molar-refractivity contribution in [2.45, 2.75) is 13.0 Å². The van der Waals surface area contributed by atoms with E-state index in [1.165, 1.54) is 13.3 Å². The minimum absolute atomic E-state index is 0.0466. The van der Waals surface area contributed by atoms with Crippen LogP contribution >= 0.6 is 15.9 Å². The summed E-state index contributed by atoms with van der Waals surface area (Å²) in [7, 11) is 1.31. The van der Waals surface area contributed by atoms with Crippen LogP contribution in [0.5, 0.6) is 0 Å². The molecule has 0 aliphatic carbocycles. The molecule has 0 spiro atoms. The van der Waals surface area contributed by atoms with Gasteiger partial charge >= 0.3 is 5.97 Å². The molecular weight excluding hydrogens is 322 g/mol. The molecule has 0 amide bonds. The fraction of sp³-hybridized carbons (Fsp3) is 0.214. The van der Waals surface area contributed by atoms with Crippen LogP contribution in [0.3, 0.4) is 0 Å². The highest BCUT2D eigenvalue weighted by atomic mass is 79.9. The van der Waals surface area contributed by atoms with Crippen molar-refractivity contribution >= 4 is 27.7 Å². The van der Waals surface area contributed by atoms with E-state index < -0.39 is 5.97 Å². The predicted octanol–water partition coefficient (Wildman–Crippen LogP) is 3.20. The maximum atomic E-state index is 11.4. The van der Waals surface area contributed by atoms with E-state index in [0.29, 0.717) is 5.82 Å². The van der Waals surface area contributed by atoms with Crippen LogP contribution in [-0.4, -0.2) is 23.0 Å². The van der Waals surface area contributed by atoms with Crippen molar-refractivity contribution in [1.29, 1.82) is 0 Å². The summed E-state index contributed by atoms with van der Waals surface area (Å²) in [4.78, 5) is 19.6. The zero-order valence-corrected chi connectivity index (χ0v) is 12.7. The Morgan fingerprint density at radius 1 is 1.30 bits per heavy atom. The number of carbonyl (C=O) groups is 1. The maximum absolute atomic E-state index is 11.4. The Labute approximate surface area is 125 Å². The van der Waals surface area contributed by atoms with E-state index in [9.17, 15) is 4.79 Å². The van der Waals surface area contributed by atoms with Crippen molar-refractivity contribution in [3.63, 3.8) is 0 Å². The van der Waals surface area contributed by atoms with Crippen LogP contribution in [0.4, 0.5) is 5.82 Å².